The molecule has 0 radical (unpaired) electrons. The highest BCUT2D eigenvalue weighted by molar-refractivity contribution is 8.15. The Morgan fingerprint density at radius 3 is 0.663 bits per heavy atom. The highest BCUT2D eigenvalue weighted by Crippen LogP contribution is 2.19. The number of rotatable bonds is 47. The summed E-state index contributed by atoms with van der Waals surface area (Å²) in [5, 5.41) is 0.451. The molecule has 95 heavy (non-hydrogen) atoms. The molecule has 0 aliphatic carbocycles. The Morgan fingerprint density at radius 2 is 0.484 bits per heavy atom. The van der Waals surface area contributed by atoms with E-state index in [9.17, 15) is 28.8 Å². The smallest absolute Gasteiger partial charge is 0.262 e. The van der Waals surface area contributed by atoms with E-state index in [0.29, 0.717) is 0 Å². The number of nitrogens with zero attached hydrogens (tertiary/aromatic N) is 6. The normalized spacial score (nSPS) is 12.9. The summed E-state index contributed by atoms with van der Waals surface area (Å²) in [6.45, 7) is 65.6. The van der Waals surface area contributed by atoms with Crippen molar-refractivity contribution in [1.82, 2.24) is 0 Å². The molecule has 2 unspecified atom stereocenters. The monoisotopic (exact) mass is 1450 g/mol. The van der Waals surface area contributed by atoms with Crippen molar-refractivity contribution >= 4 is 101 Å². The SMILES string of the molecule is C#CC(=O)SCC[N+](CC)(CCC)CCC.C#CC(=O)SCC[N+](CC)(CCC)CCCC.C/C=C/C(=O)SCC[N+](C)(C)C.C/C=C/C(=O)SCC[N+](CC)(CC)CC.C/C=C/C(=O)SCC[N+](CC)(CCC)CCC.C/C=C/C(=O)SCC[N+](CC)(CCC)CCCC. The number of carbonyl (C=O) groups excluding carboxylic acids is 6. The first kappa shape index (κ1) is 104. The van der Waals surface area contributed by atoms with Crippen LogP contribution >= 0.6 is 70.6 Å². The molecule has 0 saturated heterocycles. The summed E-state index contributed by atoms with van der Waals surface area (Å²) in [5.41, 5.74) is 0. The van der Waals surface area contributed by atoms with Crippen LogP contribution in [0.3, 0.4) is 0 Å². The van der Waals surface area contributed by atoms with Gasteiger partial charge in [0.15, 0.2) is 0 Å². The van der Waals surface area contributed by atoms with Gasteiger partial charge >= 0.3 is 0 Å². The Hall–Kier alpha value is -2.04. The second-order valence-electron chi connectivity index (χ2n) is 25.3. The molecule has 0 aromatic rings. The Kier molecular flexibility index (Phi) is 75.6. The second-order valence-corrected chi connectivity index (χ2v) is 31.8. The summed E-state index contributed by atoms with van der Waals surface area (Å²) in [6, 6.07) is 0. The Bertz CT molecular complexity index is 2110. The molecule has 0 rings (SSSR count). The van der Waals surface area contributed by atoms with Crippen molar-refractivity contribution in [2.24, 2.45) is 0 Å². The molecular weight excluding hydrogens is 1300 g/mol. The summed E-state index contributed by atoms with van der Waals surface area (Å²) in [7, 11) is 6.38. The molecule has 0 N–H and O–H groups in total. The zero-order chi connectivity index (χ0) is 73.9. The fourth-order valence-electron chi connectivity index (χ4n) is 11.1. The van der Waals surface area contributed by atoms with Crippen LogP contribution in [0.4, 0.5) is 0 Å². The molecule has 0 fully saturated rings. The molecule has 0 bridgehead atoms. The number of unbranched alkanes of at least 4 members (excludes halogenated alkanes) is 2. The van der Waals surface area contributed by atoms with Crippen LogP contribution in [-0.2, 0) is 28.8 Å². The van der Waals surface area contributed by atoms with Crippen LogP contribution in [0.25, 0.3) is 0 Å². The minimum atomic E-state index is -0.137. The van der Waals surface area contributed by atoms with Crippen LogP contribution in [0.1, 0.15) is 196 Å². The predicted octanol–water partition coefficient (Wildman–Crippen LogP) is 17.0. The van der Waals surface area contributed by atoms with Crippen molar-refractivity contribution in [3.63, 3.8) is 0 Å². The minimum absolute atomic E-state index is 0.133. The summed E-state index contributed by atoms with van der Waals surface area (Å²) in [6.07, 6.45) is 36.2. The average Bonchev–Trinajstić information content (AvgIpc) is 1.30. The zero-order valence-electron chi connectivity index (χ0n) is 65.5. The predicted molar refractivity (Wildman–Crippen MR) is 435 cm³/mol. The van der Waals surface area contributed by atoms with E-state index in [4.69, 9.17) is 12.8 Å². The maximum atomic E-state index is 11.5. The van der Waals surface area contributed by atoms with Gasteiger partial charge in [-0.15, -0.1) is 12.8 Å². The van der Waals surface area contributed by atoms with Gasteiger partial charge in [0.25, 0.3) is 10.2 Å². The third kappa shape index (κ3) is 60.4. The van der Waals surface area contributed by atoms with Gasteiger partial charge in [-0.05, 0) is 164 Å². The molecule has 18 heteroatoms. The Morgan fingerprint density at radius 1 is 0.284 bits per heavy atom. The van der Waals surface area contributed by atoms with Crippen molar-refractivity contribution < 1.29 is 55.7 Å². The second kappa shape index (κ2) is 69.1. The lowest BCUT2D eigenvalue weighted by molar-refractivity contribution is -0.924. The molecule has 12 nitrogen and oxygen atoms in total. The number of hydrogen-bond donors (Lipinski definition) is 0. The van der Waals surface area contributed by atoms with E-state index >= 15 is 0 Å². The maximum Gasteiger partial charge on any atom is 0.262 e. The lowest BCUT2D eigenvalue weighted by Gasteiger charge is -2.37. The number of allylic oxidation sites excluding steroid dienone is 4. The molecule has 0 aromatic carbocycles. The van der Waals surface area contributed by atoms with Gasteiger partial charge < -0.3 is 26.9 Å². The van der Waals surface area contributed by atoms with Gasteiger partial charge in [-0.3, -0.25) is 28.8 Å². The van der Waals surface area contributed by atoms with Crippen LogP contribution < -0.4 is 0 Å². The topological polar surface area (TPSA) is 102 Å². The highest BCUT2D eigenvalue weighted by Gasteiger charge is 2.27. The molecule has 0 heterocycles. The maximum absolute atomic E-state index is 11.5. The molecule has 0 aromatic heterocycles. The number of carbonyl (C=O) groups is 6. The molecule has 0 saturated carbocycles. The van der Waals surface area contributed by atoms with Crippen molar-refractivity contribution in [2.75, 3.05) is 193 Å². The summed E-state index contributed by atoms with van der Waals surface area (Å²) in [4.78, 5) is 67.2. The van der Waals surface area contributed by atoms with Crippen LogP contribution in [0.2, 0.25) is 0 Å². The summed E-state index contributed by atoms with van der Waals surface area (Å²) < 4.78 is 6.64. The third-order valence-electron chi connectivity index (χ3n) is 17.3. The molecule has 0 spiro atoms. The number of terminal acetylenes is 2. The largest absolute Gasteiger partial charge is 0.330 e. The number of quaternary nitrogens is 6. The standard InChI is InChI=1S/C15H30NOS.C14H26NOS.C14H28NOS.C13H24NOS.C12H24NOS.C9H18NOS/c1-5-9-12-16(8-4,11-7-3)13-14-18-15(17)10-6-2;1-5-9-11-15(8-4,10-6-2)12-13-17-14(16)7-3;1-5-9-14(16)17-13-12-15(8-4,10-6-2)11-7-3;1-5-9-14(8-4,10-6-2)11-12-16-13(15)7-3;1-5-9-12(14)15-11-10-13(6-2,7-3)8-4;1-5-6-9(11)12-8-7-10(2,3)4/h6,10H,5,7-9,11-14H2,1-4H3;3H,5-6,8-13H2,1-2,4H3;5,9H,6-8,10-13H2,1-4H3;3H,5-6,8-12H2,1-2,4H3;5,9H,6-8,10-11H2,1-4H3;5-6H,7-8H2,1-4H3/q6*+1/b10-6+;;9-5+;;9-5+;6-5+. The molecule has 0 aliphatic heterocycles. The van der Waals surface area contributed by atoms with Crippen LogP contribution in [0, 0.1) is 24.7 Å². The van der Waals surface area contributed by atoms with Crippen molar-refractivity contribution in [1.29, 1.82) is 0 Å². The van der Waals surface area contributed by atoms with E-state index < -0.39 is 0 Å². The first-order valence-corrected chi connectivity index (χ1v) is 42.6. The van der Waals surface area contributed by atoms with Gasteiger partial charge in [0, 0.05) is 0 Å². The first-order chi connectivity index (χ1) is 45.1. The lowest BCUT2D eigenvalue weighted by Crippen LogP contribution is -2.50. The van der Waals surface area contributed by atoms with Gasteiger partial charge in [-0.25, -0.2) is 0 Å². The average molecular weight is 1450 g/mol. The summed E-state index contributed by atoms with van der Waals surface area (Å²) >= 11 is 8.30. The van der Waals surface area contributed by atoms with Gasteiger partial charge in [0.2, 0.25) is 20.5 Å². The number of hydrogen-bond acceptors (Lipinski definition) is 12. The lowest BCUT2D eigenvalue weighted by atomic mass is 10.2. The highest BCUT2D eigenvalue weighted by atomic mass is 32.2. The van der Waals surface area contributed by atoms with E-state index in [1.165, 1.54) is 209 Å². The minimum Gasteiger partial charge on any atom is -0.330 e. The van der Waals surface area contributed by atoms with E-state index in [2.05, 4.69) is 137 Å². The Balaban J connectivity index is -0.000000251. The third-order valence-corrected chi connectivity index (χ3v) is 22.1. The fourth-order valence-corrected chi connectivity index (χ4v) is 16.4. The van der Waals surface area contributed by atoms with Gasteiger partial charge in [-0.1, -0.05) is 163 Å². The molecule has 554 valence electrons. The quantitative estimate of drug-likeness (QED) is 0.0329. The van der Waals surface area contributed by atoms with Crippen molar-refractivity contribution in [3.05, 3.63) is 48.6 Å². The first-order valence-electron chi connectivity index (χ1n) is 36.6. The fraction of sp³-hybridized carbons (Fsp3) is 0.766. The van der Waals surface area contributed by atoms with E-state index in [0.717, 1.165) is 124 Å². The van der Waals surface area contributed by atoms with Crippen LogP contribution in [0.15, 0.2) is 48.6 Å². The molecule has 0 amide bonds. The zero-order valence-corrected chi connectivity index (χ0v) is 70.4. The van der Waals surface area contributed by atoms with Crippen LogP contribution in [-0.4, -0.2) is 251 Å². The molecule has 0 aliphatic rings. The van der Waals surface area contributed by atoms with Crippen LogP contribution in [0.5, 0.6) is 0 Å². The Labute approximate surface area is 614 Å². The van der Waals surface area contributed by atoms with Crippen molar-refractivity contribution in [3.8, 4) is 24.7 Å². The van der Waals surface area contributed by atoms with Gasteiger partial charge in [0.1, 0.15) is 0 Å². The van der Waals surface area contributed by atoms with Crippen molar-refractivity contribution in [2.45, 2.75) is 196 Å². The van der Waals surface area contributed by atoms with E-state index in [1.54, 1.807) is 36.5 Å². The summed E-state index contributed by atoms with van der Waals surface area (Å²) in [5.74, 6) is 9.72. The molecule has 2 atom stereocenters. The van der Waals surface area contributed by atoms with Gasteiger partial charge in [0.05, 0.1) is 193 Å². The van der Waals surface area contributed by atoms with E-state index in [-0.39, 0.29) is 30.7 Å². The molecular formula is C77H150N6O6S6+6. The van der Waals surface area contributed by atoms with Gasteiger partial charge in [-0.2, -0.15) is 0 Å². The van der Waals surface area contributed by atoms with E-state index in [1.807, 2.05) is 39.8 Å². The number of thioether (sulfide) groups is 6.